The summed E-state index contributed by atoms with van der Waals surface area (Å²) in [4.78, 5) is 26.0. The first-order valence-electron chi connectivity index (χ1n) is 8.38. The number of carbonyl (C=O) groups excluding carboxylic acids is 2. The zero-order valence-electron chi connectivity index (χ0n) is 14.5. The van der Waals surface area contributed by atoms with Gasteiger partial charge in [-0.3, -0.25) is 9.59 Å². The molecule has 1 aliphatic heterocycles. The number of halogens is 1. The molecule has 0 N–H and O–H groups in total. The fourth-order valence-corrected chi connectivity index (χ4v) is 3.02. The molecule has 26 heavy (non-hydrogen) atoms. The quantitative estimate of drug-likeness (QED) is 0.756. The minimum atomic E-state index is -0.437. The smallest absolute Gasteiger partial charge is 0.313 e. The Hall–Kier alpha value is -2.53. The molecule has 0 bridgehead atoms. The van der Waals surface area contributed by atoms with Gasteiger partial charge in [0.2, 0.25) is 0 Å². The Balaban J connectivity index is 1.50. The number of hydrogen-bond acceptors (Lipinski definition) is 4. The van der Waals surface area contributed by atoms with Crippen LogP contribution in [0.4, 0.5) is 0 Å². The van der Waals surface area contributed by atoms with Crippen LogP contribution in [0.15, 0.2) is 48.5 Å². The molecule has 1 atom stereocenters. The highest BCUT2D eigenvalue weighted by molar-refractivity contribution is 6.30. The largest absolute Gasteiger partial charge is 0.492 e. The van der Waals surface area contributed by atoms with Gasteiger partial charge in [-0.2, -0.15) is 0 Å². The third-order valence-corrected chi connectivity index (χ3v) is 4.52. The lowest BCUT2D eigenvalue weighted by Gasteiger charge is -2.24. The highest BCUT2D eigenvalue weighted by Crippen LogP contribution is 2.30. The van der Waals surface area contributed by atoms with Gasteiger partial charge in [0.05, 0.1) is 5.92 Å². The number of benzene rings is 2. The number of esters is 1. The molecule has 5 nitrogen and oxygen atoms in total. The summed E-state index contributed by atoms with van der Waals surface area (Å²) >= 11 is 5.99. The minimum Gasteiger partial charge on any atom is -0.492 e. The van der Waals surface area contributed by atoms with E-state index in [1.54, 1.807) is 25.2 Å². The van der Waals surface area contributed by atoms with Crippen LogP contribution in [0.1, 0.15) is 11.1 Å². The zero-order chi connectivity index (χ0) is 18.5. The molecule has 2 aromatic rings. The molecule has 0 saturated heterocycles. The first kappa shape index (κ1) is 18.3. The average molecular weight is 374 g/mol. The Morgan fingerprint density at radius 1 is 1.23 bits per heavy atom. The fourth-order valence-electron chi connectivity index (χ4n) is 2.82. The lowest BCUT2D eigenvalue weighted by atomic mass is 9.97. The Kier molecular flexibility index (Phi) is 5.78. The highest BCUT2D eigenvalue weighted by atomic mass is 35.5. The summed E-state index contributed by atoms with van der Waals surface area (Å²) in [5, 5.41) is 0.596. The molecule has 6 heteroatoms. The molecule has 0 fully saturated rings. The van der Waals surface area contributed by atoms with E-state index in [4.69, 9.17) is 21.1 Å². The highest BCUT2D eigenvalue weighted by Gasteiger charge is 2.28. The number of amides is 1. The molecule has 0 radical (unpaired) electrons. The van der Waals surface area contributed by atoms with Crippen molar-refractivity contribution in [2.75, 3.05) is 20.3 Å². The summed E-state index contributed by atoms with van der Waals surface area (Å²) in [5.74, 6) is -0.384. The van der Waals surface area contributed by atoms with Gasteiger partial charge in [-0.05, 0) is 35.7 Å². The molecular formula is C20H20ClNO4. The van der Waals surface area contributed by atoms with E-state index in [0.717, 1.165) is 16.9 Å². The van der Waals surface area contributed by atoms with E-state index in [9.17, 15) is 9.59 Å². The Morgan fingerprint density at radius 3 is 2.77 bits per heavy atom. The van der Waals surface area contributed by atoms with Gasteiger partial charge in [0.25, 0.3) is 5.91 Å². The van der Waals surface area contributed by atoms with Gasteiger partial charge in [0.15, 0.2) is 6.61 Å². The number of rotatable bonds is 5. The normalized spacial score (nSPS) is 15.5. The molecule has 0 saturated carbocycles. The van der Waals surface area contributed by atoms with Gasteiger partial charge < -0.3 is 14.4 Å². The monoisotopic (exact) mass is 373 g/mol. The van der Waals surface area contributed by atoms with Crippen molar-refractivity contribution in [2.24, 2.45) is 5.92 Å². The van der Waals surface area contributed by atoms with Gasteiger partial charge in [-0.1, -0.05) is 41.9 Å². The summed E-state index contributed by atoms with van der Waals surface area (Å²) in [6.45, 7) is 0.429. The van der Waals surface area contributed by atoms with E-state index in [-0.39, 0.29) is 19.1 Å². The molecule has 1 unspecified atom stereocenters. The molecule has 0 aromatic heterocycles. The minimum absolute atomic E-state index is 0.238. The molecule has 0 spiro atoms. The van der Waals surface area contributed by atoms with Crippen LogP contribution in [0, 0.1) is 5.92 Å². The van der Waals surface area contributed by atoms with E-state index in [0.29, 0.717) is 18.0 Å². The van der Waals surface area contributed by atoms with Crippen LogP contribution in [0.2, 0.25) is 5.02 Å². The maximum atomic E-state index is 12.3. The van der Waals surface area contributed by atoms with Gasteiger partial charge in [0.1, 0.15) is 12.4 Å². The summed E-state index contributed by atoms with van der Waals surface area (Å²) < 4.78 is 10.8. The first-order chi connectivity index (χ1) is 12.5. The average Bonchev–Trinajstić information content (AvgIpc) is 2.65. The maximum absolute atomic E-state index is 12.3. The second-order valence-electron chi connectivity index (χ2n) is 6.31. The van der Waals surface area contributed by atoms with Crippen molar-refractivity contribution in [3.63, 3.8) is 0 Å². The number of nitrogens with zero attached hydrogens (tertiary/aromatic N) is 1. The first-order valence-corrected chi connectivity index (χ1v) is 8.76. The summed E-state index contributed by atoms with van der Waals surface area (Å²) in [5.41, 5.74) is 1.89. The predicted molar refractivity (Wildman–Crippen MR) is 98.0 cm³/mol. The number of carbonyl (C=O) groups is 2. The van der Waals surface area contributed by atoms with Crippen LogP contribution in [0.3, 0.4) is 0 Å². The Bertz CT molecular complexity index is 794. The molecule has 1 amide bonds. The zero-order valence-corrected chi connectivity index (χ0v) is 15.2. The van der Waals surface area contributed by atoms with Crippen molar-refractivity contribution in [3.05, 3.63) is 64.7 Å². The van der Waals surface area contributed by atoms with Crippen molar-refractivity contribution in [3.8, 4) is 5.75 Å². The third-order valence-electron chi connectivity index (χ3n) is 4.29. The van der Waals surface area contributed by atoms with Crippen molar-refractivity contribution in [1.82, 2.24) is 4.90 Å². The maximum Gasteiger partial charge on any atom is 0.313 e. The molecular weight excluding hydrogens is 354 g/mol. The molecule has 0 aliphatic carbocycles. The van der Waals surface area contributed by atoms with E-state index in [2.05, 4.69) is 0 Å². The fraction of sp³-hybridized carbons (Fsp3) is 0.300. The molecule has 1 heterocycles. The molecule has 136 valence electrons. The van der Waals surface area contributed by atoms with E-state index in [1.807, 2.05) is 30.3 Å². The van der Waals surface area contributed by atoms with Crippen LogP contribution in [-0.2, 0) is 27.3 Å². The topological polar surface area (TPSA) is 55.8 Å². The van der Waals surface area contributed by atoms with Crippen LogP contribution in [0.5, 0.6) is 5.75 Å². The second-order valence-corrected chi connectivity index (χ2v) is 6.74. The van der Waals surface area contributed by atoms with E-state index in [1.165, 1.54) is 4.90 Å². The van der Waals surface area contributed by atoms with Crippen LogP contribution < -0.4 is 4.74 Å². The standard InChI is InChI=1S/C20H20ClNO4/c1-22(11-14-5-3-2-4-6-14)19(23)13-26-20(24)16-9-15-10-17(21)7-8-18(15)25-12-16/h2-8,10,16H,9,11-13H2,1H3. The summed E-state index contributed by atoms with van der Waals surface area (Å²) in [6.07, 6.45) is 0.489. The van der Waals surface area contributed by atoms with Gasteiger partial charge >= 0.3 is 5.97 Å². The van der Waals surface area contributed by atoms with Crippen LogP contribution in [-0.4, -0.2) is 37.0 Å². The van der Waals surface area contributed by atoms with E-state index < -0.39 is 11.9 Å². The van der Waals surface area contributed by atoms with Gasteiger partial charge in [-0.25, -0.2) is 0 Å². The predicted octanol–water partition coefficient (Wildman–Crippen LogP) is 3.09. The lowest BCUT2D eigenvalue weighted by molar-refractivity contribution is -0.156. The SMILES string of the molecule is CN(Cc1ccccc1)C(=O)COC(=O)C1COc2ccc(Cl)cc2C1. The van der Waals surface area contributed by atoms with Crippen molar-refractivity contribution in [1.29, 1.82) is 0 Å². The number of ether oxygens (including phenoxy) is 2. The number of likely N-dealkylation sites (N-methyl/N-ethyl adjacent to an activating group) is 1. The lowest BCUT2D eigenvalue weighted by Crippen LogP contribution is -2.34. The Labute approximate surface area is 157 Å². The van der Waals surface area contributed by atoms with Crippen LogP contribution in [0.25, 0.3) is 0 Å². The summed E-state index contributed by atoms with van der Waals surface area (Å²) in [6, 6.07) is 15.0. The van der Waals surface area contributed by atoms with E-state index >= 15 is 0 Å². The van der Waals surface area contributed by atoms with Crippen LogP contribution >= 0.6 is 11.6 Å². The third kappa shape index (κ3) is 4.55. The number of fused-ring (bicyclic) bond motifs is 1. The molecule has 3 rings (SSSR count). The van der Waals surface area contributed by atoms with Crippen molar-refractivity contribution >= 4 is 23.5 Å². The van der Waals surface area contributed by atoms with Gasteiger partial charge in [0, 0.05) is 18.6 Å². The molecule has 2 aromatic carbocycles. The second kappa shape index (κ2) is 8.23. The summed E-state index contributed by atoms with van der Waals surface area (Å²) in [7, 11) is 1.69. The van der Waals surface area contributed by atoms with Gasteiger partial charge in [-0.15, -0.1) is 0 Å². The van der Waals surface area contributed by atoms with Crippen molar-refractivity contribution < 1.29 is 19.1 Å². The van der Waals surface area contributed by atoms with Crippen molar-refractivity contribution in [2.45, 2.75) is 13.0 Å². The Morgan fingerprint density at radius 2 is 2.00 bits per heavy atom. The molecule has 1 aliphatic rings. The number of hydrogen-bond donors (Lipinski definition) is 0.